The molecular weight excluding hydrogens is 380 g/mol. The van der Waals surface area contributed by atoms with Gasteiger partial charge < -0.3 is 19.3 Å². The Balaban J connectivity index is 2.63. The van der Waals surface area contributed by atoms with E-state index in [0.29, 0.717) is 24.7 Å². The van der Waals surface area contributed by atoms with Crippen LogP contribution in [0, 0.1) is 11.8 Å². The van der Waals surface area contributed by atoms with Gasteiger partial charge >= 0.3 is 17.9 Å². The van der Waals surface area contributed by atoms with Gasteiger partial charge in [0.15, 0.2) is 12.2 Å². The van der Waals surface area contributed by atoms with Crippen LogP contribution in [0.2, 0.25) is 0 Å². The molecule has 4 atom stereocenters. The Hall–Kier alpha value is -2.74. The van der Waals surface area contributed by atoms with Gasteiger partial charge in [-0.15, -0.1) is 0 Å². The molecule has 4 unspecified atom stereocenters. The molecule has 1 fully saturated rings. The lowest BCUT2D eigenvalue weighted by Gasteiger charge is -2.33. The summed E-state index contributed by atoms with van der Waals surface area (Å²) in [6.07, 6.45) is 1.16. The van der Waals surface area contributed by atoms with Crippen molar-refractivity contribution in [1.82, 2.24) is 0 Å². The lowest BCUT2D eigenvalue weighted by atomic mass is 9.83. The summed E-state index contributed by atoms with van der Waals surface area (Å²) >= 11 is 0. The van der Waals surface area contributed by atoms with E-state index < -0.39 is 48.1 Å². The van der Waals surface area contributed by atoms with Gasteiger partial charge in [-0.1, -0.05) is 26.5 Å². The summed E-state index contributed by atoms with van der Waals surface area (Å²) in [5.74, 6) is -3.34. The molecule has 0 aromatic carbocycles. The molecule has 1 aliphatic carbocycles. The van der Waals surface area contributed by atoms with Gasteiger partial charge in [0, 0.05) is 18.1 Å². The molecule has 8 nitrogen and oxygen atoms in total. The molecule has 1 N–H and O–H groups in total. The van der Waals surface area contributed by atoms with Crippen LogP contribution < -0.4 is 0 Å². The average Bonchev–Trinajstić information content (AvgIpc) is 2.93. The SMILES string of the molecule is C=C1C(=O)OC2C=C(CO)CCC=C(C=O)C(OC(C)=O)C(OC(=O)C(C)C)C12. The molecular formula is C21H26O8. The molecule has 2 aliphatic rings. The largest absolute Gasteiger partial charge is 0.457 e. The number of hydrogen-bond donors (Lipinski definition) is 1. The zero-order chi connectivity index (χ0) is 21.7. The molecule has 0 spiro atoms. The van der Waals surface area contributed by atoms with Crippen LogP contribution in [0.15, 0.2) is 35.5 Å². The highest BCUT2D eigenvalue weighted by Gasteiger charge is 2.49. The van der Waals surface area contributed by atoms with Crippen molar-refractivity contribution >= 4 is 24.2 Å². The third-order valence-corrected chi connectivity index (χ3v) is 4.84. The Labute approximate surface area is 169 Å². The van der Waals surface area contributed by atoms with Crippen molar-refractivity contribution < 1.29 is 38.5 Å². The highest BCUT2D eigenvalue weighted by atomic mass is 16.6. The third kappa shape index (κ3) is 5.20. The van der Waals surface area contributed by atoms with Gasteiger partial charge in [0.05, 0.1) is 18.4 Å². The number of aldehydes is 1. The minimum atomic E-state index is -1.23. The van der Waals surface area contributed by atoms with Crippen LogP contribution in [0.3, 0.4) is 0 Å². The Morgan fingerprint density at radius 2 is 2.07 bits per heavy atom. The number of carbonyl (C=O) groups is 4. The molecule has 0 aromatic rings. The molecule has 1 saturated heterocycles. The maximum atomic E-state index is 12.4. The quantitative estimate of drug-likeness (QED) is 0.240. The van der Waals surface area contributed by atoms with Gasteiger partial charge in [-0.3, -0.25) is 14.4 Å². The number of allylic oxidation sites excluding steroid dienone is 1. The third-order valence-electron chi connectivity index (χ3n) is 4.84. The van der Waals surface area contributed by atoms with Gasteiger partial charge in [0.25, 0.3) is 0 Å². The van der Waals surface area contributed by atoms with Crippen LogP contribution in [0.5, 0.6) is 0 Å². The number of fused-ring (bicyclic) bond motifs is 1. The Morgan fingerprint density at radius 1 is 1.38 bits per heavy atom. The smallest absolute Gasteiger partial charge is 0.334 e. The van der Waals surface area contributed by atoms with Gasteiger partial charge in [-0.2, -0.15) is 0 Å². The summed E-state index contributed by atoms with van der Waals surface area (Å²) in [7, 11) is 0. The number of aliphatic hydroxyl groups excluding tert-OH is 1. The first-order valence-electron chi connectivity index (χ1n) is 9.42. The molecule has 29 heavy (non-hydrogen) atoms. The van der Waals surface area contributed by atoms with Crippen molar-refractivity contribution in [3.05, 3.63) is 35.5 Å². The van der Waals surface area contributed by atoms with Crippen molar-refractivity contribution in [2.75, 3.05) is 6.61 Å². The van der Waals surface area contributed by atoms with Gasteiger partial charge in [-0.25, -0.2) is 4.79 Å². The monoisotopic (exact) mass is 406 g/mol. The fourth-order valence-electron chi connectivity index (χ4n) is 3.33. The summed E-state index contributed by atoms with van der Waals surface area (Å²) in [4.78, 5) is 48.2. The number of rotatable bonds is 5. The molecule has 2 rings (SSSR count). The van der Waals surface area contributed by atoms with E-state index in [4.69, 9.17) is 14.2 Å². The highest BCUT2D eigenvalue weighted by molar-refractivity contribution is 5.91. The molecule has 0 aromatic heterocycles. The van der Waals surface area contributed by atoms with E-state index in [9.17, 15) is 24.3 Å². The van der Waals surface area contributed by atoms with E-state index in [0.717, 1.165) is 0 Å². The summed E-state index contributed by atoms with van der Waals surface area (Å²) in [6.45, 7) is 7.93. The topological polar surface area (TPSA) is 116 Å². The van der Waals surface area contributed by atoms with Crippen LogP contribution in [-0.2, 0) is 33.4 Å². The second-order valence-corrected chi connectivity index (χ2v) is 7.35. The highest BCUT2D eigenvalue weighted by Crippen LogP contribution is 2.37. The van der Waals surface area contributed by atoms with Crippen LogP contribution in [0.25, 0.3) is 0 Å². The van der Waals surface area contributed by atoms with E-state index in [1.165, 1.54) is 6.92 Å². The average molecular weight is 406 g/mol. The number of esters is 3. The molecule has 158 valence electrons. The lowest BCUT2D eigenvalue weighted by Crippen LogP contribution is -2.45. The number of carbonyl (C=O) groups excluding carboxylic acids is 4. The van der Waals surface area contributed by atoms with Crippen molar-refractivity contribution in [2.45, 2.75) is 51.9 Å². The molecule has 0 amide bonds. The van der Waals surface area contributed by atoms with Crippen LogP contribution in [-0.4, -0.2) is 54.2 Å². The first kappa shape index (κ1) is 22.5. The number of hydrogen-bond acceptors (Lipinski definition) is 8. The zero-order valence-corrected chi connectivity index (χ0v) is 16.8. The summed E-state index contributed by atoms with van der Waals surface area (Å²) in [6, 6.07) is 0. The van der Waals surface area contributed by atoms with Crippen molar-refractivity contribution in [3.63, 3.8) is 0 Å². The maximum absolute atomic E-state index is 12.4. The van der Waals surface area contributed by atoms with E-state index in [1.807, 2.05) is 0 Å². The molecule has 1 aliphatic heterocycles. The van der Waals surface area contributed by atoms with Gasteiger partial charge in [-0.05, 0) is 24.5 Å². The maximum Gasteiger partial charge on any atom is 0.334 e. The number of ether oxygens (including phenoxy) is 3. The van der Waals surface area contributed by atoms with Crippen molar-refractivity contribution in [2.24, 2.45) is 11.8 Å². The lowest BCUT2D eigenvalue weighted by molar-refractivity contribution is -0.171. The fraction of sp³-hybridized carbons (Fsp3) is 0.524. The van der Waals surface area contributed by atoms with E-state index >= 15 is 0 Å². The predicted octanol–water partition coefficient (Wildman–Crippen LogP) is 1.42. The summed E-state index contributed by atoms with van der Waals surface area (Å²) < 4.78 is 16.4. The number of aliphatic hydroxyl groups is 1. The molecule has 0 bridgehead atoms. The van der Waals surface area contributed by atoms with E-state index in [1.54, 1.807) is 26.0 Å². The minimum absolute atomic E-state index is 0.0353. The standard InChI is InChI=1S/C21H26O8/c1-11(2)20(25)29-19-17-12(3)21(26)28-16(17)8-14(9-22)6-5-7-15(10-23)18(19)27-13(4)24/h7-8,10-11,16-19,22H,3,5-6,9H2,1-2,4H3. The van der Waals surface area contributed by atoms with Gasteiger partial charge in [0.1, 0.15) is 12.4 Å². The van der Waals surface area contributed by atoms with Crippen molar-refractivity contribution in [1.29, 1.82) is 0 Å². The van der Waals surface area contributed by atoms with Crippen LogP contribution in [0.1, 0.15) is 33.6 Å². The summed E-state index contributed by atoms with van der Waals surface area (Å²) in [5, 5.41) is 9.62. The second kappa shape index (κ2) is 9.65. The summed E-state index contributed by atoms with van der Waals surface area (Å²) in [5.41, 5.74) is 0.740. The Morgan fingerprint density at radius 3 is 2.62 bits per heavy atom. The molecule has 8 heteroatoms. The Bertz CT molecular complexity index is 761. The van der Waals surface area contributed by atoms with E-state index in [2.05, 4.69) is 6.58 Å². The normalized spacial score (nSPS) is 27.3. The van der Waals surface area contributed by atoms with Gasteiger partial charge in [0.2, 0.25) is 0 Å². The molecule has 1 heterocycles. The van der Waals surface area contributed by atoms with Crippen LogP contribution >= 0.6 is 0 Å². The molecule has 0 saturated carbocycles. The zero-order valence-electron chi connectivity index (χ0n) is 16.8. The Kier molecular flexibility index (Phi) is 7.50. The predicted molar refractivity (Wildman–Crippen MR) is 101 cm³/mol. The van der Waals surface area contributed by atoms with Crippen LogP contribution in [0.4, 0.5) is 0 Å². The van der Waals surface area contributed by atoms with E-state index in [-0.39, 0.29) is 17.8 Å². The minimum Gasteiger partial charge on any atom is -0.457 e. The second-order valence-electron chi connectivity index (χ2n) is 7.35. The molecule has 0 radical (unpaired) electrons. The van der Waals surface area contributed by atoms with Crippen molar-refractivity contribution in [3.8, 4) is 0 Å². The first-order valence-corrected chi connectivity index (χ1v) is 9.42. The fourth-order valence-corrected chi connectivity index (χ4v) is 3.33. The first-order chi connectivity index (χ1) is 13.7.